The van der Waals surface area contributed by atoms with Crippen molar-refractivity contribution in [2.24, 2.45) is 0 Å². The van der Waals surface area contributed by atoms with Crippen LogP contribution in [0.4, 0.5) is 0 Å². The third-order valence-electron chi connectivity index (χ3n) is 4.78. The van der Waals surface area contributed by atoms with Crippen molar-refractivity contribution in [2.45, 2.75) is 58.9 Å². The Balaban J connectivity index is 1.80. The van der Waals surface area contributed by atoms with E-state index in [0.29, 0.717) is 24.5 Å². The van der Waals surface area contributed by atoms with E-state index in [1.54, 1.807) is 19.2 Å². The van der Waals surface area contributed by atoms with Crippen molar-refractivity contribution in [1.29, 1.82) is 0 Å². The van der Waals surface area contributed by atoms with Crippen LogP contribution in [0.1, 0.15) is 68.3 Å². The molecule has 2 rings (SSSR count). The summed E-state index contributed by atoms with van der Waals surface area (Å²) in [6, 6.07) is 13.0. The van der Waals surface area contributed by atoms with Gasteiger partial charge in [0, 0.05) is 12.1 Å². The van der Waals surface area contributed by atoms with Gasteiger partial charge in [-0.15, -0.1) is 0 Å². The van der Waals surface area contributed by atoms with Crippen LogP contribution < -0.4 is 19.5 Å². The quantitative estimate of drug-likeness (QED) is 0.400. The number of rotatable bonds is 14. The summed E-state index contributed by atoms with van der Waals surface area (Å²) in [4.78, 5) is 12.4. The average Bonchev–Trinajstić information content (AvgIpc) is 2.79. The van der Waals surface area contributed by atoms with Gasteiger partial charge in [-0.1, -0.05) is 45.6 Å². The molecule has 0 radical (unpaired) electrons. The van der Waals surface area contributed by atoms with E-state index in [4.69, 9.17) is 14.2 Å². The minimum Gasteiger partial charge on any atom is -0.494 e. The van der Waals surface area contributed by atoms with Crippen LogP contribution in [0.3, 0.4) is 0 Å². The first-order valence-corrected chi connectivity index (χ1v) is 11.0. The molecule has 2 aromatic rings. The number of ether oxygens (including phenoxy) is 3. The highest BCUT2D eigenvalue weighted by atomic mass is 16.5. The van der Waals surface area contributed by atoms with E-state index in [1.807, 2.05) is 30.3 Å². The molecule has 164 valence electrons. The summed E-state index contributed by atoms with van der Waals surface area (Å²) in [5.74, 6) is 2.07. The number of methoxy groups -OCH3 is 1. The highest BCUT2D eigenvalue weighted by Crippen LogP contribution is 2.28. The van der Waals surface area contributed by atoms with Gasteiger partial charge in [0.15, 0.2) is 11.5 Å². The van der Waals surface area contributed by atoms with Crippen LogP contribution >= 0.6 is 0 Å². The van der Waals surface area contributed by atoms with E-state index >= 15 is 0 Å². The minimum absolute atomic E-state index is 0.119. The summed E-state index contributed by atoms with van der Waals surface area (Å²) in [5, 5.41) is 2.94. The Morgan fingerprint density at radius 1 is 0.833 bits per heavy atom. The van der Waals surface area contributed by atoms with Crippen molar-refractivity contribution in [3.63, 3.8) is 0 Å². The fourth-order valence-corrected chi connectivity index (χ4v) is 3.04. The van der Waals surface area contributed by atoms with Gasteiger partial charge in [0.2, 0.25) is 0 Å². The van der Waals surface area contributed by atoms with Gasteiger partial charge in [0.25, 0.3) is 5.91 Å². The van der Waals surface area contributed by atoms with Crippen LogP contribution in [0.5, 0.6) is 17.2 Å². The molecular formula is C25H35NO4. The molecule has 0 unspecified atom stereocenters. The van der Waals surface area contributed by atoms with Crippen molar-refractivity contribution >= 4 is 5.91 Å². The van der Waals surface area contributed by atoms with Gasteiger partial charge in [-0.3, -0.25) is 4.79 Å². The van der Waals surface area contributed by atoms with Crippen LogP contribution in [0.25, 0.3) is 0 Å². The molecule has 5 nitrogen and oxygen atoms in total. The number of nitrogens with one attached hydrogen (secondary N) is 1. The average molecular weight is 414 g/mol. The molecule has 0 bridgehead atoms. The molecule has 0 aliphatic rings. The Labute approximate surface area is 180 Å². The molecule has 0 saturated carbocycles. The summed E-state index contributed by atoms with van der Waals surface area (Å²) in [7, 11) is 1.62. The lowest BCUT2D eigenvalue weighted by molar-refractivity contribution is 0.0951. The van der Waals surface area contributed by atoms with Crippen molar-refractivity contribution in [1.82, 2.24) is 5.32 Å². The summed E-state index contributed by atoms with van der Waals surface area (Å²) < 4.78 is 16.8. The lowest BCUT2D eigenvalue weighted by Crippen LogP contribution is -2.22. The van der Waals surface area contributed by atoms with E-state index in [0.717, 1.165) is 36.5 Å². The number of benzene rings is 2. The fourth-order valence-electron chi connectivity index (χ4n) is 3.04. The van der Waals surface area contributed by atoms with Crippen molar-refractivity contribution in [2.75, 3.05) is 20.3 Å². The summed E-state index contributed by atoms with van der Waals surface area (Å²) >= 11 is 0. The molecule has 1 N–H and O–H groups in total. The van der Waals surface area contributed by atoms with Crippen molar-refractivity contribution in [3.8, 4) is 17.2 Å². The molecule has 5 heteroatoms. The van der Waals surface area contributed by atoms with E-state index in [2.05, 4.69) is 19.2 Å². The summed E-state index contributed by atoms with van der Waals surface area (Å²) in [5.41, 5.74) is 1.56. The second kappa shape index (κ2) is 13.5. The van der Waals surface area contributed by atoms with Crippen LogP contribution in [0.15, 0.2) is 42.5 Å². The number of unbranched alkanes of at least 4 members (excludes halogenated alkanes) is 4. The Kier molecular flexibility index (Phi) is 10.6. The molecule has 0 heterocycles. The van der Waals surface area contributed by atoms with Gasteiger partial charge in [-0.25, -0.2) is 0 Å². The minimum atomic E-state index is -0.119. The Morgan fingerprint density at radius 2 is 1.60 bits per heavy atom. The monoisotopic (exact) mass is 413 g/mol. The topological polar surface area (TPSA) is 56.8 Å². The Morgan fingerprint density at radius 3 is 2.30 bits per heavy atom. The molecular weight excluding hydrogens is 378 g/mol. The third-order valence-corrected chi connectivity index (χ3v) is 4.78. The number of carbonyl (C=O) groups is 1. The van der Waals surface area contributed by atoms with E-state index < -0.39 is 0 Å². The maximum atomic E-state index is 12.4. The fraction of sp³-hybridized carbons (Fsp3) is 0.480. The molecule has 0 aliphatic heterocycles. The molecule has 0 aliphatic carbocycles. The van der Waals surface area contributed by atoms with E-state index in [1.165, 1.54) is 25.7 Å². The van der Waals surface area contributed by atoms with Gasteiger partial charge in [-0.2, -0.15) is 0 Å². The second-order valence-electron chi connectivity index (χ2n) is 7.30. The Hall–Kier alpha value is -2.69. The first kappa shape index (κ1) is 23.6. The SMILES string of the molecule is CCCCCCCOc1ccc(C(=O)NCc2ccc(OCCC)c(OC)c2)cc1. The van der Waals surface area contributed by atoms with Gasteiger partial charge >= 0.3 is 0 Å². The van der Waals surface area contributed by atoms with Crippen LogP contribution in [0.2, 0.25) is 0 Å². The number of carbonyl (C=O) groups excluding carboxylic acids is 1. The predicted octanol–water partition coefficient (Wildman–Crippen LogP) is 5.76. The van der Waals surface area contributed by atoms with E-state index in [9.17, 15) is 4.79 Å². The first-order chi connectivity index (χ1) is 14.7. The standard InChI is InChI=1S/C25H35NO4/c1-4-6-7-8-9-17-29-22-13-11-21(12-14-22)25(27)26-19-20-10-15-23(30-16-5-2)24(18-20)28-3/h10-15,18H,4-9,16-17,19H2,1-3H3,(H,26,27). The van der Waals surface area contributed by atoms with E-state index in [-0.39, 0.29) is 5.91 Å². The zero-order chi connectivity index (χ0) is 21.6. The molecule has 0 spiro atoms. The zero-order valence-corrected chi connectivity index (χ0v) is 18.5. The molecule has 1 amide bonds. The first-order valence-electron chi connectivity index (χ1n) is 11.0. The highest BCUT2D eigenvalue weighted by Gasteiger charge is 2.09. The third kappa shape index (κ3) is 7.97. The molecule has 0 saturated heterocycles. The molecule has 2 aromatic carbocycles. The number of hydrogen-bond acceptors (Lipinski definition) is 4. The van der Waals surface area contributed by atoms with Crippen molar-refractivity contribution in [3.05, 3.63) is 53.6 Å². The maximum Gasteiger partial charge on any atom is 0.251 e. The number of amides is 1. The van der Waals surface area contributed by atoms with Crippen LogP contribution in [-0.4, -0.2) is 26.2 Å². The predicted molar refractivity (Wildman–Crippen MR) is 121 cm³/mol. The van der Waals surface area contributed by atoms with Crippen LogP contribution in [0, 0.1) is 0 Å². The summed E-state index contributed by atoms with van der Waals surface area (Å²) in [6.07, 6.45) is 6.99. The van der Waals surface area contributed by atoms with Gasteiger partial charge in [0.1, 0.15) is 5.75 Å². The zero-order valence-electron chi connectivity index (χ0n) is 18.5. The van der Waals surface area contributed by atoms with Gasteiger partial charge in [-0.05, 0) is 54.8 Å². The second-order valence-corrected chi connectivity index (χ2v) is 7.30. The lowest BCUT2D eigenvalue weighted by Gasteiger charge is -2.12. The molecule has 0 atom stereocenters. The largest absolute Gasteiger partial charge is 0.494 e. The van der Waals surface area contributed by atoms with Gasteiger partial charge in [0.05, 0.1) is 20.3 Å². The summed E-state index contributed by atoms with van der Waals surface area (Å²) in [6.45, 7) is 6.05. The highest BCUT2D eigenvalue weighted by molar-refractivity contribution is 5.94. The maximum absolute atomic E-state index is 12.4. The molecule has 0 fully saturated rings. The van der Waals surface area contributed by atoms with Crippen molar-refractivity contribution < 1.29 is 19.0 Å². The smallest absolute Gasteiger partial charge is 0.251 e. The normalized spacial score (nSPS) is 10.5. The van der Waals surface area contributed by atoms with Gasteiger partial charge < -0.3 is 19.5 Å². The molecule has 0 aromatic heterocycles. The number of hydrogen-bond donors (Lipinski definition) is 1. The Bertz CT molecular complexity index is 758. The van der Waals surface area contributed by atoms with Crippen LogP contribution in [-0.2, 0) is 6.54 Å². The lowest BCUT2D eigenvalue weighted by atomic mass is 10.1. The molecule has 30 heavy (non-hydrogen) atoms.